The molecular formula is C24H25FN4O3. The van der Waals surface area contributed by atoms with Crippen molar-refractivity contribution in [2.24, 2.45) is 0 Å². The van der Waals surface area contributed by atoms with Crippen LogP contribution in [-0.2, 0) is 29.0 Å². The van der Waals surface area contributed by atoms with Crippen LogP contribution in [-0.4, -0.2) is 33.4 Å². The van der Waals surface area contributed by atoms with E-state index in [1.165, 1.54) is 6.07 Å². The van der Waals surface area contributed by atoms with E-state index in [0.717, 1.165) is 18.4 Å². The molecule has 8 heteroatoms. The minimum atomic E-state index is -0.385. The first-order valence-electron chi connectivity index (χ1n) is 10.8. The topological polar surface area (TPSA) is 88.3 Å². The molecule has 1 aliphatic rings. The molecule has 0 radical (unpaired) electrons. The molecule has 0 bridgehead atoms. The Morgan fingerprint density at radius 3 is 2.72 bits per heavy atom. The summed E-state index contributed by atoms with van der Waals surface area (Å²) >= 11 is 0. The third-order valence-corrected chi connectivity index (χ3v) is 5.55. The van der Waals surface area contributed by atoms with Gasteiger partial charge in [0.25, 0.3) is 0 Å². The Hall–Kier alpha value is -3.55. The normalized spacial score (nSPS) is 15.7. The number of amides is 2. The molecule has 3 aromatic rings. The average molecular weight is 436 g/mol. The Morgan fingerprint density at radius 2 is 1.91 bits per heavy atom. The van der Waals surface area contributed by atoms with Crippen molar-refractivity contribution in [2.45, 2.75) is 44.7 Å². The zero-order valence-electron chi connectivity index (χ0n) is 17.7. The van der Waals surface area contributed by atoms with E-state index in [-0.39, 0.29) is 36.5 Å². The predicted molar refractivity (Wildman–Crippen MR) is 115 cm³/mol. The molecule has 1 aliphatic heterocycles. The summed E-state index contributed by atoms with van der Waals surface area (Å²) in [4.78, 5) is 31.0. The lowest BCUT2D eigenvalue weighted by Gasteiger charge is -2.22. The molecular weight excluding hydrogens is 411 g/mol. The Kier molecular flexibility index (Phi) is 6.89. The standard InChI is InChI=1S/C24H25FN4O3/c25-19-10-5-4-9-18(19)15-23(31)29-14-6-11-20(29)24-27-22(32-28-24)13-12-21(30)26-16-17-7-2-1-3-8-17/h1-5,7-10,20H,6,11-16H2,(H,26,30). The second-order valence-corrected chi connectivity index (χ2v) is 7.82. The van der Waals surface area contributed by atoms with Gasteiger partial charge in [0.2, 0.25) is 17.7 Å². The lowest BCUT2D eigenvalue weighted by Crippen LogP contribution is -2.32. The van der Waals surface area contributed by atoms with Crippen molar-refractivity contribution in [3.8, 4) is 0 Å². The molecule has 1 unspecified atom stereocenters. The van der Waals surface area contributed by atoms with E-state index in [0.29, 0.717) is 36.8 Å². The highest BCUT2D eigenvalue weighted by molar-refractivity contribution is 5.79. The van der Waals surface area contributed by atoms with Crippen LogP contribution in [0.5, 0.6) is 0 Å². The van der Waals surface area contributed by atoms with Gasteiger partial charge in [-0.1, -0.05) is 53.7 Å². The molecule has 166 valence electrons. The van der Waals surface area contributed by atoms with Gasteiger partial charge in [-0.15, -0.1) is 0 Å². The minimum Gasteiger partial charge on any atom is -0.352 e. The number of carbonyl (C=O) groups is 2. The maximum atomic E-state index is 13.9. The van der Waals surface area contributed by atoms with Crippen molar-refractivity contribution in [2.75, 3.05) is 6.54 Å². The molecule has 32 heavy (non-hydrogen) atoms. The van der Waals surface area contributed by atoms with Crippen molar-refractivity contribution >= 4 is 11.8 Å². The van der Waals surface area contributed by atoms with Crippen LogP contribution in [0.1, 0.15) is 48.1 Å². The van der Waals surface area contributed by atoms with Crippen LogP contribution in [0.2, 0.25) is 0 Å². The maximum absolute atomic E-state index is 13.9. The summed E-state index contributed by atoms with van der Waals surface area (Å²) in [6.07, 6.45) is 2.09. The van der Waals surface area contributed by atoms with Gasteiger partial charge in [0.05, 0.1) is 12.5 Å². The van der Waals surface area contributed by atoms with E-state index in [9.17, 15) is 14.0 Å². The van der Waals surface area contributed by atoms with E-state index < -0.39 is 0 Å². The first-order valence-corrected chi connectivity index (χ1v) is 10.8. The van der Waals surface area contributed by atoms with Crippen molar-refractivity contribution in [3.05, 3.63) is 83.3 Å². The molecule has 2 aromatic carbocycles. The fraction of sp³-hybridized carbons (Fsp3) is 0.333. The largest absolute Gasteiger partial charge is 0.352 e. The molecule has 7 nitrogen and oxygen atoms in total. The molecule has 1 fully saturated rings. The van der Waals surface area contributed by atoms with Gasteiger partial charge in [0.15, 0.2) is 5.82 Å². The molecule has 1 atom stereocenters. The van der Waals surface area contributed by atoms with Gasteiger partial charge in [0, 0.05) is 25.9 Å². The number of nitrogens with one attached hydrogen (secondary N) is 1. The molecule has 0 saturated carbocycles. The smallest absolute Gasteiger partial charge is 0.227 e. The summed E-state index contributed by atoms with van der Waals surface area (Å²) in [6.45, 7) is 1.04. The second-order valence-electron chi connectivity index (χ2n) is 7.82. The molecule has 4 rings (SSSR count). The summed E-state index contributed by atoms with van der Waals surface area (Å²) < 4.78 is 19.2. The summed E-state index contributed by atoms with van der Waals surface area (Å²) in [5.74, 6) is 0.150. The van der Waals surface area contributed by atoms with Gasteiger partial charge < -0.3 is 14.7 Å². The number of aromatic nitrogens is 2. The SMILES string of the molecule is O=C(CCc1nc(C2CCCN2C(=O)Cc2ccccc2F)no1)NCc1ccccc1. The number of halogens is 1. The number of aryl methyl sites for hydroxylation is 1. The molecule has 2 amide bonds. The monoisotopic (exact) mass is 436 g/mol. The van der Waals surface area contributed by atoms with Crippen LogP contribution in [0, 0.1) is 5.82 Å². The number of hydrogen-bond acceptors (Lipinski definition) is 5. The summed E-state index contributed by atoms with van der Waals surface area (Å²) in [5.41, 5.74) is 1.40. The highest BCUT2D eigenvalue weighted by atomic mass is 19.1. The summed E-state index contributed by atoms with van der Waals surface area (Å²) in [5, 5.41) is 6.91. The zero-order valence-corrected chi connectivity index (χ0v) is 17.7. The fourth-order valence-electron chi connectivity index (χ4n) is 3.85. The summed E-state index contributed by atoms with van der Waals surface area (Å²) in [7, 11) is 0. The predicted octanol–water partition coefficient (Wildman–Crippen LogP) is 3.36. The third-order valence-electron chi connectivity index (χ3n) is 5.55. The number of benzene rings is 2. The fourth-order valence-corrected chi connectivity index (χ4v) is 3.85. The molecule has 1 saturated heterocycles. The summed E-state index contributed by atoms with van der Waals surface area (Å²) in [6, 6.07) is 15.7. The Labute approximate surface area is 185 Å². The number of nitrogens with zero attached hydrogens (tertiary/aromatic N) is 3. The van der Waals surface area contributed by atoms with E-state index in [1.807, 2.05) is 30.3 Å². The number of hydrogen-bond donors (Lipinski definition) is 1. The van der Waals surface area contributed by atoms with Gasteiger partial charge in [-0.2, -0.15) is 4.98 Å². The van der Waals surface area contributed by atoms with Crippen LogP contribution < -0.4 is 5.32 Å². The second kappa shape index (κ2) is 10.2. The molecule has 1 N–H and O–H groups in total. The van der Waals surface area contributed by atoms with E-state index in [1.54, 1.807) is 23.1 Å². The number of carbonyl (C=O) groups excluding carboxylic acids is 2. The molecule has 0 spiro atoms. The lowest BCUT2D eigenvalue weighted by molar-refractivity contribution is -0.131. The van der Waals surface area contributed by atoms with E-state index >= 15 is 0 Å². The van der Waals surface area contributed by atoms with Gasteiger partial charge in [-0.05, 0) is 30.0 Å². The molecule has 1 aromatic heterocycles. The minimum absolute atomic E-state index is 0.00450. The van der Waals surface area contributed by atoms with Crippen LogP contribution >= 0.6 is 0 Å². The van der Waals surface area contributed by atoms with Crippen molar-refractivity contribution in [3.63, 3.8) is 0 Å². The Morgan fingerprint density at radius 1 is 1.12 bits per heavy atom. The van der Waals surface area contributed by atoms with Crippen LogP contribution in [0.4, 0.5) is 4.39 Å². The molecule has 0 aliphatic carbocycles. The number of rotatable bonds is 8. The van der Waals surface area contributed by atoms with Crippen molar-refractivity contribution < 1.29 is 18.5 Å². The van der Waals surface area contributed by atoms with Crippen LogP contribution in [0.3, 0.4) is 0 Å². The Balaban J connectivity index is 1.30. The van der Waals surface area contributed by atoms with Gasteiger partial charge >= 0.3 is 0 Å². The van der Waals surface area contributed by atoms with Crippen LogP contribution in [0.25, 0.3) is 0 Å². The van der Waals surface area contributed by atoms with Gasteiger partial charge in [-0.25, -0.2) is 4.39 Å². The average Bonchev–Trinajstić information content (AvgIpc) is 3.48. The van der Waals surface area contributed by atoms with Gasteiger partial charge in [0.1, 0.15) is 5.82 Å². The quantitative estimate of drug-likeness (QED) is 0.585. The maximum Gasteiger partial charge on any atom is 0.227 e. The van der Waals surface area contributed by atoms with E-state index in [2.05, 4.69) is 15.5 Å². The van der Waals surface area contributed by atoms with Crippen molar-refractivity contribution in [1.29, 1.82) is 0 Å². The van der Waals surface area contributed by atoms with E-state index in [4.69, 9.17) is 4.52 Å². The van der Waals surface area contributed by atoms with Crippen molar-refractivity contribution in [1.82, 2.24) is 20.4 Å². The third kappa shape index (κ3) is 5.38. The first-order chi connectivity index (χ1) is 15.6. The first kappa shape index (κ1) is 21.7. The zero-order chi connectivity index (χ0) is 22.3. The number of likely N-dealkylation sites (tertiary alicyclic amines) is 1. The highest BCUT2D eigenvalue weighted by Crippen LogP contribution is 2.31. The Bertz CT molecular complexity index is 1070. The van der Waals surface area contributed by atoms with Gasteiger partial charge in [-0.3, -0.25) is 9.59 Å². The lowest BCUT2D eigenvalue weighted by atomic mass is 10.1. The highest BCUT2D eigenvalue weighted by Gasteiger charge is 2.33. The van der Waals surface area contributed by atoms with Crippen LogP contribution in [0.15, 0.2) is 59.1 Å². The molecule has 2 heterocycles.